The highest BCUT2D eigenvalue weighted by molar-refractivity contribution is 5.66. The third-order valence-corrected chi connectivity index (χ3v) is 4.46. The van der Waals surface area contributed by atoms with Crippen molar-refractivity contribution in [3.63, 3.8) is 0 Å². The number of carbonyl (C=O) groups excluding carboxylic acids is 1. The summed E-state index contributed by atoms with van der Waals surface area (Å²) in [6.07, 6.45) is 1.05. The number of hydrogen-bond donors (Lipinski definition) is 1. The average molecular weight is 416 g/mol. The van der Waals surface area contributed by atoms with Crippen LogP contribution in [0.25, 0.3) is 0 Å². The number of methoxy groups -OCH3 is 3. The molecule has 0 unspecified atom stereocenters. The third kappa shape index (κ3) is 5.37. The van der Waals surface area contributed by atoms with Gasteiger partial charge in [0.1, 0.15) is 6.10 Å². The Morgan fingerprint density at radius 2 is 1.67 bits per heavy atom. The van der Waals surface area contributed by atoms with E-state index in [1.807, 2.05) is 12.1 Å². The molecule has 2 aromatic carbocycles. The second kappa shape index (κ2) is 10.4. The van der Waals surface area contributed by atoms with Crippen LogP contribution < -0.4 is 18.9 Å². The SMILES string of the molecule is C=CCc1cc(OC)c(O[C@H](C)[C@@H](OC(C)=O)c2ccc(O)c(OC)c2)c(OC)c1. The van der Waals surface area contributed by atoms with Gasteiger partial charge in [-0.1, -0.05) is 12.1 Å². The maximum absolute atomic E-state index is 11.8. The van der Waals surface area contributed by atoms with Crippen molar-refractivity contribution in [3.05, 3.63) is 54.1 Å². The molecule has 7 heteroatoms. The zero-order valence-electron chi connectivity index (χ0n) is 17.9. The van der Waals surface area contributed by atoms with Crippen LogP contribution >= 0.6 is 0 Å². The number of allylic oxidation sites excluding steroid dienone is 1. The van der Waals surface area contributed by atoms with Crippen LogP contribution in [0.3, 0.4) is 0 Å². The first kappa shape index (κ1) is 22.9. The van der Waals surface area contributed by atoms with Crippen molar-refractivity contribution in [3.8, 4) is 28.7 Å². The summed E-state index contributed by atoms with van der Waals surface area (Å²) in [4.78, 5) is 11.8. The molecule has 0 saturated heterocycles. The molecule has 0 radical (unpaired) electrons. The molecular weight excluding hydrogens is 388 g/mol. The van der Waals surface area contributed by atoms with Crippen LogP contribution in [-0.4, -0.2) is 38.5 Å². The van der Waals surface area contributed by atoms with Gasteiger partial charge in [-0.3, -0.25) is 4.79 Å². The fourth-order valence-electron chi connectivity index (χ4n) is 3.07. The first-order valence-corrected chi connectivity index (χ1v) is 9.41. The van der Waals surface area contributed by atoms with Gasteiger partial charge in [0, 0.05) is 12.5 Å². The lowest BCUT2D eigenvalue weighted by Crippen LogP contribution is -2.26. The summed E-state index contributed by atoms with van der Waals surface area (Å²) in [5, 5.41) is 9.87. The number of rotatable bonds is 10. The van der Waals surface area contributed by atoms with Gasteiger partial charge in [-0.2, -0.15) is 0 Å². The summed E-state index contributed by atoms with van der Waals surface area (Å²) in [6.45, 7) is 6.84. The highest BCUT2D eigenvalue weighted by atomic mass is 16.6. The molecule has 0 heterocycles. The first-order valence-electron chi connectivity index (χ1n) is 9.41. The van der Waals surface area contributed by atoms with Gasteiger partial charge in [0.25, 0.3) is 0 Å². The van der Waals surface area contributed by atoms with E-state index in [-0.39, 0.29) is 11.5 Å². The van der Waals surface area contributed by atoms with Gasteiger partial charge in [-0.25, -0.2) is 0 Å². The molecule has 0 saturated carbocycles. The molecule has 0 fully saturated rings. The van der Waals surface area contributed by atoms with Crippen molar-refractivity contribution in [1.29, 1.82) is 0 Å². The van der Waals surface area contributed by atoms with Crippen molar-refractivity contribution in [2.45, 2.75) is 32.5 Å². The number of phenolic OH excluding ortho intramolecular Hbond substituents is 1. The lowest BCUT2D eigenvalue weighted by Gasteiger charge is -2.27. The zero-order valence-corrected chi connectivity index (χ0v) is 17.9. The number of aromatic hydroxyl groups is 1. The maximum atomic E-state index is 11.8. The highest BCUT2D eigenvalue weighted by Crippen LogP contribution is 2.41. The largest absolute Gasteiger partial charge is 0.504 e. The molecule has 0 aromatic heterocycles. The standard InChI is InChI=1S/C23H28O7/c1-7-8-16-11-20(27-5)23(21(12-16)28-6)29-14(2)22(30-15(3)24)17-9-10-18(25)19(13-17)26-4/h7,9-14,22,25H,1,8H2,2-6H3/t14-,22-/m1/s1. The van der Waals surface area contributed by atoms with E-state index in [1.165, 1.54) is 20.1 Å². The van der Waals surface area contributed by atoms with E-state index in [0.717, 1.165) is 5.56 Å². The molecule has 0 aliphatic carbocycles. The summed E-state index contributed by atoms with van der Waals surface area (Å²) in [5.74, 6) is 1.15. The Hall–Kier alpha value is -3.35. The van der Waals surface area contributed by atoms with Crippen molar-refractivity contribution < 1.29 is 33.6 Å². The van der Waals surface area contributed by atoms with E-state index in [4.69, 9.17) is 23.7 Å². The molecule has 2 atom stereocenters. The van der Waals surface area contributed by atoms with Crippen molar-refractivity contribution in [2.24, 2.45) is 0 Å². The van der Waals surface area contributed by atoms with E-state index < -0.39 is 18.2 Å². The number of esters is 1. The minimum Gasteiger partial charge on any atom is -0.504 e. The van der Waals surface area contributed by atoms with Crippen LogP contribution in [0.2, 0.25) is 0 Å². The quantitative estimate of drug-likeness (QED) is 0.459. The number of ether oxygens (including phenoxy) is 5. The van der Waals surface area contributed by atoms with Gasteiger partial charge in [-0.05, 0) is 43.2 Å². The van der Waals surface area contributed by atoms with Gasteiger partial charge in [0.2, 0.25) is 5.75 Å². The molecule has 2 rings (SSSR count). The number of phenols is 1. The second-order valence-corrected chi connectivity index (χ2v) is 6.61. The molecule has 7 nitrogen and oxygen atoms in total. The van der Waals surface area contributed by atoms with E-state index in [9.17, 15) is 9.90 Å². The molecule has 0 amide bonds. The van der Waals surface area contributed by atoms with Gasteiger partial charge >= 0.3 is 5.97 Å². The number of benzene rings is 2. The van der Waals surface area contributed by atoms with Gasteiger partial charge in [-0.15, -0.1) is 6.58 Å². The molecule has 0 spiro atoms. The Balaban J connectivity index is 2.43. The fraction of sp³-hybridized carbons (Fsp3) is 0.348. The molecule has 2 aromatic rings. The maximum Gasteiger partial charge on any atom is 0.303 e. The molecule has 0 aliphatic heterocycles. The Bertz CT molecular complexity index is 866. The summed E-state index contributed by atoms with van der Waals surface area (Å²) < 4.78 is 27.8. The smallest absolute Gasteiger partial charge is 0.303 e. The van der Waals surface area contributed by atoms with Crippen LogP contribution in [0, 0.1) is 0 Å². The molecular formula is C23H28O7. The Labute approximate surface area is 176 Å². The highest BCUT2D eigenvalue weighted by Gasteiger charge is 2.28. The van der Waals surface area contributed by atoms with Crippen LogP contribution in [0.5, 0.6) is 28.7 Å². The molecule has 30 heavy (non-hydrogen) atoms. The molecule has 0 aliphatic rings. The van der Waals surface area contributed by atoms with Crippen molar-refractivity contribution in [1.82, 2.24) is 0 Å². The molecule has 0 bridgehead atoms. The first-order chi connectivity index (χ1) is 14.3. The summed E-state index contributed by atoms with van der Waals surface area (Å²) >= 11 is 0. The molecule has 1 N–H and O–H groups in total. The predicted octanol–water partition coefficient (Wildman–Crippen LogP) is 4.22. The Kier molecular flexibility index (Phi) is 7.98. The number of hydrogen-bond acceptors (Lipinski definition) is 7. The predicted molar refractivity (Wildman–Crippen MR) is 113 cm³/mol. The van der Waals surface area contributed by atoms with Crippen LogP contribution in [0.15, 0.2) is 43.0 Å². The van der Waals surface area contributed by atoms with E-state index in [1.54, 1.807) is 39.4 Å². The fourth-order valence-corrected chi connectivity index (χ4v) is 3.07. The minimum atomic E-state index is -0.765. The van der Waals surface area contributed by atoms with Crippen molar-refractivity contribution in [2.75, 3.05) is 21.3 Å². The van der Waals surface area contributed by atoms with Crippen molar-refractivity contribution >= 4 is 5.97 Å². The van der Waals surface area contributed by atoms with Gasteiger partial charge in [0.05, 0.1) is 21.3 Å². The summed E-state index contributed by atoms with van der Waals surface area (Å²) in [7, 11) is 4.52. The summed E-state index contributed by atoms with van der Waals surface area (Å²) in [5.41, 5.74) is 1.56. The van der Waals surface area contributed by atoms with Crippen LogP contribution in [0.4, 0.5) is 0 Å². The normalized spacial score (nSPS) is 12.4. The third-order valence-electron chi connectivity index (χ3n) is 4.46. The second-order valence-electron chi connectivity index (χ2n) is 6.61. The minimum absolute atomic E-state index is 0.0162. The Morgan fingerprint density at radius 1 is 1.07 bits per heavy atom. The lowest BCUT2D eigenvalue weighted by molar-refractivity contribution is -0.151. The van der Waals surface area contributed by atoms with E-state index in [0.29, 0.717) is 29.2 Å². The van der Waals surface area contributed by atoms with Gasteiger partial charge < -0.3 is 28.8 Å². The Morgan fingerprint density at radius 3 is 2.17 bits per heavy atom. The molecule has 162 valence electrons. The topological polar surface area (TPSA) is 83.5 Å². The van der Waals surface area contributed by atoms with Crippen LogP contribution in [0.1, 0.15) is 31.1 Å². The monoisotopic (exact) mass is 416 g/mol. The van der Waals surface area contributed by atoms with Crippen LogP contribution in [-0.2, 0) is 16.0 Å². The van der Waals surface area contributed by atoms with E-state index >= 15 is 0 Å². The summed E-state index contributed by atoms with van der Waals surface area (Å²) in [6, 6.07) is 8.41. The average Bonchev–Trinajstić information content (AvgIpc) is 2.73. The van der Waals surface area contributed by atoms with E-state index in [2.05, 4.69) is 6.58 Å². The number of carbonyl (C=O) groups is 1. The zero-order chi connectivity index (χ0) is 22.3. The van der Waals surface area contributed by atoms with Gasteiger partial charge in [0.15, 0.2) is 29.1 Å². The lowest BCUT2D eigenvalue weighted by atomic mass is 10.0.